The van der Waals surface area contributed by atoms with Crippen molar-refractivity contribution >= 4 is 11.3 Å². The summed E-state index contributed by atoms with van der Waals surface area (Å²) < 4.78 is 2.00. The maximum atomic E-state index is 8.71. The lowest BCUT2D eigenvalue weighted by atomic mass is 10.4. The van der Waals surface area contributed by atoms with E-state index in [2.05, 4.69) is 28.5 Å². The minimum absolute atomic E-state index is 0.688. The first-order valence-electron chi connectivity index (χ1n) is 5.39. The summed E-state index contributed by atoms with van der Waals surface area (Å²) in [5.41, 5.74) is 0. The number of hydrogen-bond donors (Lipinski definition) is 1. The van der Waals surface area contributed by atoms with E-state index >= 15 is 0 Å². The van der Waals surface area contributed by atoms with Crippen LogP contribution >= 0.6 is 11.3 Å². The second-order valence-corrected chi connectivity index (χ2v) is 4.68. The Morgan fingerprint density at radius 2 is 2.35 bits per heavy atom. The van der Waals surface area contributed by atoms with Gasteiger partial charge in [-0.05, 0) is 19.1 Å². The van der Waals surface area contributed by atoms with Crippen LogP contribution in [0.1, 0.15) is 22.5 Å². The molecule has 0 aliphatic carbocycles. The predicted molar refractivity (Wildman–Crippen MR) is 65.3 cm³/mol. The molecule has 0 aliphatic rings. The van der Waals surface area contributed by atoms with Gasteiger partial charge in [-0.25, -0.2) is 0 Å². The Labute approximate surface area is 104 Å². The highest BCUT2D eigenvalue weighted by atomic mass is 32.1. The molecule has 0 spiro atoms. The Morgan fingerprint density at radius 1 is 1.47 bits per heavy atom. The number of nitrogens with one attached hydrogen (secondary N) is 1. The molecule has 2 heterocycles. The number of aromatic nitrogens is 3. The van der Waals surface area contributed by atoms with E-state index in [1.165, 1.54) is 11.3 Å². The van der Waals surface area contributed by atoms with Gasteiger partial charge in [0.15, 0.2) is 0 Å². The Morgan fingerprint density at radius 3 is 3.06 bits per heavy atom. The number of rotatable bonds is 5. The van der Waals surface area contributed by atoms with E-state index in [0.29, 0.717) is 6.54 Å². The van der Waals surface area contributed by atoms with Crippen molar-refractivity contribution in [1.82, 2.24) is 20.1 Å². The van der Waals surface area contributed by atoms with Gasteiger partial charge in [-0.3, -0.25) is 0 Å². The summed E-state index contributed by atoms with van der Waals surface area (Å²) in [6.07, 6.45) is 1.73. The average molecular weight is 247 g/mol. The van der Waals surface area contributed by atoms with E-state index < -0.39 is 0 Å². The van der Waals surface area contributed by atoms with Gasteiger partial charge in [0.1, 0.15) is 23.1 Å². The van der Waals surface area contributed by atoms with Crippen LogP contribution in [0.5, 0.6) is 0 Å². The van der Waals surface area contributed by atoms with Crippen LogP contribution in [-0.4, -0.2) is 14.8 Å². The van der Waals surface area contributed by atoms with Gasteiger partial charge >= 0.3 is 0 Å². The molecule has 0 fully saturated rings. The monoisotopic (exact) mass is 247 g/mol. The zero-order valence-corrected chi connectivity index (χ0v) is 10.4. The maximum Gasteiger partial charge on any atom is 0.146 e. The van der Waals surface area contributed by atoms with E-state index in [9.17, 15) is 0 Å². The molecule has 0 amide bonds. The van der Waals surface area contributed by atoms with Crippen molar-refractivity contribution in [3.05, 3.63) is 34.0 Å². The number of hydrogen-bond acceptors (Lipinski definition) is 5. The molecule has 0 aliphatic heterocycles. The van der Waals surface area contributed by atoms with E-state index in [0.717, 1.165) is 28.7 Å². The lowest BCUT2D eigenvalue weighted by molar-refractivity contribution is 0.615. The molecule has 0 radical (unpaired) electrons. The molecule has 0 saturated heterocycles. The van der Waals surface area contributed by atoms with Gasteiger partial charge in [-0.1, -0.05) is 0 Å². The molecular formula is C11H13N5S. The summed E-state index contributed by atoms with van der Waals surface area (Å²) in [4.78, 5) is 1.91. The molecule has 0 unspecified atom stereocenters. The van der Waals surface area contributed by atoms with Crippen LogP contribution in [0.4, 0.5) is 0 Å². The first-order chi connectivity index (χ1) is 8.33. The van der Waals surface area contributed by atoms with Gasteiger partial charge in [0.05, 0.1) is 6.54 Å². The molecule has 88 valence electrons. The average Bonchev–Trinajstić information content (AvgIpc) is 2.97. The molecule has 0 saturated carbocycles. The molecule has 6 heteroatoms. The fraction of sp³-hybridized carbons (Fsp3) is 0.364. The van der Waals surface area contributed by atoms with Crippen LogP contribution in [0.3, 0.4) is 0 Å². The maximum absolute atomic E-state index is 8.71. The standard InChI is InChI=1S/C11H13N5S/c1-2-16-8-14-15-11(16)7-13-6-10-4-3-9(5-12)17-10/h3-4,8,13H,2,6-7H2,1H3. The van der Waals surface area contributed by atoms with Crippen LogP contribution in [0.2, 0.25) is 0 Å². The zero-order valence-electron chi connectivity index (χ0n) is 9.55. The molecule has 2 rings (SSSR count). The lowest BCUT2D eigenvalue weighted by Crippen LogP contribution is -2.15. The molecule has 17 heavy (non-hydrogen) atoms. The van der Waals surface area contributed by atoms with Gasteiger partial charge < -0.3 is 9.88 Å². The lowest BCUT2D eigenvalue weighted by Gasteiger charge is -2.04. The van der Waals surface area contributed by atoms with Crippen molar-refractivity contribution < 1.29 is 0 Å². The normalized spacial score (nSPS) is 10.4. The number of nitrogens with zero attached hydrogens (tertiary/aromatic N) is 4. The Balaban J connectivity index is 1.85. The highest BCUT2D eigenvalue weighted by molar-refractivity contribution is 7.12. The van der Waals surface area contributed by atoms with Crippen LogP contribution in [0.15, 0.2) is 18.5 Å². The first kappa shape index (κ1) is 11.8. The van der Waals surface area contributed by atoms with Gasteiger partial charge in [0, 0.05) is 18.0 Å². The van der Waals surface area contributed by atoms with Crippen molar-refractivity contribution in [1.29, 1.82) is 5.26 Å². The summed E-state index contributed by atoms with van der Waals surface area (Å²) in [6.45, 7) is 4.38. The van der Waals surface area contributed by atoms with Gasteiger partial charge in [0.2, 0.25) is 0 Å². The third-order valence-corrected chi connectivity index (χ3v) is 3.38. The Bertz CT molecular complexity index is 522. The highest BCUT2D eigenvalue weighted by Crippen LogP contribution is 2.14. The third kappa shape index (κ3) is 2.90. The summed E-state index contributed by atoms with van der Waals surface area (Å²) in [7, 11) is 0. The molecule has 0 atom stereocenters. The fourth-order valence-corrected chi connectivity index (χ4v) is 2.28. The van der Waals surface area contributed by atoms with Crippen molar-refractivity contribution in [2.75, 3.05) is 0 Å². The molecule has 0 bridgehead atoms. The quantitative estimate of drug-likeness (QED) is 0.870. The molecule has 0 aromatic carbocycles. The van der Waals surface area contributed by atoms with Crippen molar-refractivity contribution in [2.24, 2.45) is 0 Å². The van der Waals surface area contributed by atoms with Crippen molar-refractivity contribution in [2.45, 2.75) is 26.6 Å². The van der Waals surface area contributed by atoms with E-state index in [4.69, 9.17) is 5.26 Å². The Hall–Kier alpha value is -1.71. The summed E-state index contributed by atoms with van der Waals surface area (Å²) in [5.74, 6) is 0.935. The zero-order chi connectivity index (χ0) is 12.1. The van der Waals surface area contributed by atoms with Crippen LogP contribution < -0.4 is 5.32 Å². The minimum Gasteiger partial charge on any atom is -0.317 e. The topological polar surface area (TPSA) is 66.5 Å². The molecule has 2 aromatic heterocycles. The first-order valence-corrected chi connectivity index (χ1v) is 6.21. The second kappa shape index (κ2) is 5.57. The molecule has 2 aromatic rings. The van der Waals surface area contributed by atoms with E-state index in [-0.39, 0.29) is 0 Å². The minimum atomic E-state index is 0.688. The molecular weight excluding hydrogens is 234 g/mol. The second-order valence-electron chi connectivity index (χ2n) is 3.51. The SMILES string of the molecule is CCn1cnnc1CNCc1ccc(C#N)s1. The smallest absolute Gasteiger partial charge is 0.146 e. The number of nitriles is 1. The summed E-state index contributed by atoms with van der Waals surface area (Å²) >= 11 is 1.51. The van der Waals surface area contributed by atoms with Crippen LogP contribution in [0.25, 0.3) is 0 Å². The van der Waals surface area contributed by atoms with E-state index in [1.54, 1.807) is 6.33 Å². The summed E-state index contributed by atoms with van der Waals surface area (Å²) in [5, 5.41) is 19.9. The largest absolute Gasteiger partial charge is 0.317 e. The van der Waals surface area contributed by atoms with Crippen molar-refractivity contribution in [3.8, 4) is 6.07 Å². The van der Waals surface area contributed by atoms with Gasteiger partial charge in [-0.2, -0.15) is 5.26 Å². The molecule has 5 nitrogen and oxygen atoms in total. The third-order valence-electron chi connectivity index (χ3n) is 2.39. The molecule has 1 N–H and O–H groups in total. The fourth-order valence-electron chi connectivity index (χ4n) is 1.51. The number of aryl methyl sites for hydroxylation is 1. The number of thiophene rings is 1. The predicted octanol–water partition coefficient (Wildman–Crippen LogP) is 1.52. The van der Waals surface area contributed by atoms with Crippen LogP contribution in [-0.2, 0) is 19.6 Å². The van der Waals surface area contributed by atoms with E-state index in [1.807, 2.05) is 16.7 Å². The Kier molecular flexibility index (Phi) is 3.85. The summed E-state index contributed by atoms with van der Waals surface area (Å²) in [6, 6.07) is 5.95. The van der Waals surface area contributed by atoms with Gasteiger partial charge in [-0.15, -0.1) is 21.5 Å². The van der Waals surface area contributed by atoms with Gasteiger partial charge in [0.25, 0.3) is 0 Å². The van der Waals surface area contributed by atoms with Crippen LogP contribution in [0, 0.1) is 11.3 Å². The van der Waals surface area contributed by atoms with Crippen molar-refractivity contribution in [3.63, 3.8) is 0 Å². The highest BCUT2D eigenvalue weighted by Gasteiger charge is 2.03.